The summed E-state index contributed by atoms with van der Waals surface area (Å²) in [7, 11) is 0. The van der Waals surface area contributed by atoms with Gasteiger partial charge in [0.15, 0.2) is 0 Å². The van der Waals surface area contributed by atoms with Crippen molar-refractivity contribution in [3.8, 4) is 142 Å². The maximum absolute atomic E-state index is 12.8. The molecule has 1 heterocycles. The first kappa shape index (κ1) is 52.0. The van der Waals surface area contributed by atoms with Gasteiger partial charge in [0.25, 0.3) is 5.91 Å². The summed E-state index contributed by atoms with van der Waals surface area (Å²) in [6.45, 7) is 5.22. The number of aliphatic hydroxyl groups is 5. The molecule has 1 amide bonds. The molecule has 6 N–H and O–H groups in total. The average Bonchev–Trinajstić information content (AvgIpc) is 3.25. The van der Waals surface area contributed by atoms with E-state index in [2.05, 4.69) is 154 Å². The standard InChI is InChI=1S/C52H55NO7.24H2/c1-4-6-8-10-12-14-16-18-19-20-21-22-23-24-25-26-27-28-30-32-34-36-38-40-49(56)53-45(41-42-47-50(57)52(59)51(58)48(43-54)60-47)44(3)46(55)39-37-35-33-31-29-17-15-13-11-9-7-5-2;;;;;;;;;;;;;;;;;;;;;;;;/h44-48,50-52,54-55,57-59H,5,7,9,11,13,15,17,29,31,33,35,37,39,41-43H2,1-3H3,(H,53,56);24*1H/t44-,45-,46-,47?,48?,50?,51?,52?;;;;;;;;;;;;;;;;;;;;;;;;/m0......................../s1. The van der Waals surface area contributed by atoms with Gasteiger partial charge in [-0.25, -0.2) is 0 Å². The molecule has 0 bridgehead atoms. The summed E-state index contributed by atoms with van der Waals surface area (Å²) >= 11 is 0. The van der Waals surface area contributed by atoms with Crippen molar-refractivity contribution in [3.05, 3.63) is 0 Å². The second-order valence-electron chi connectivity index (χ2n) is 13.8. The number of hydrogen-bond acceptors (Lipinski definition) is 7. The van der Waals surface area contributed by atoms with E-state index in [0.717, 1.165) is 19.3 Å². The molecule has 5 unspecified atom stereocenters. The van der Waals surface area contributed by atoms with E-state index in [1.807, 2.05) is 6.92 Å². The Balaban J connectivity index is -0.0000000682. The number of ether oxygens (including phenoxy) is 1. The SMILES string of the molecule is CC#CC#CC#CC#CC#CC#CC#CC#CC#CC#CC#CC#CC(=O)N[C@@H](CCC1OC(CO)C(O)C(O)C1O)[C@H](C)[C@@H](O)CCCCCCCCCCCCCC.[HH].[HH].[HH].[HH].[HH].[HH].[HH].[HH].[HH].[HH].[HH].[HH].[HH].[HH].[HH].[HH].[HH].[HH].[HH].[HH].[HH].[HH].[HH].[HH]. The van der Waals surface area contributed by atoms with Crippen LogP contribution in [0.3, 0.4) is 0 Å². The van der Waals surface area contributed by atoms with Gasteiger partial charge < -0.3 is 35.6 Å². The molecule has 0 aliphatic carbocycles. The van der Waals surface area contributed by atoms with Crippen LogP contribution < -0.4 is 5.32 Å². The second-order valence-corrected chi connectivity index (χ2v) is 13.8. The lowest BCUT2D eigenvalue weighted by atomic mass is 9.86. The third kappa shape index (κ3) is 26.1. The van der Waals surface area contributed by atoms with Crippen molar-refractivity contribution in [2.45, 2.75) is 160 Å². The molecule has 1 aliphatic rings. The first-order chi connectivity index (χ1) is 29.3. The molecule has 0 spiro atoms. The van der Waals surface area contributed by atoms with E-state index in [1.165, 1.54) is 57.8 Å². The smallest absolute Gasteiger partial charge is 0.297 e. The highest BCUT2D eigenvalue weighted by atomic mass is 16.5. The van der Waals surface area contributed by atoms with Gasteiger partial charge in [-0.05, 0) is 121 Å². The highest BCUT2D eigenvalue weighted by Crippen LogP contribution is 2.27. The van der Waals surface area contributed by atoms with Gasteiger partial charge in [0.2, 0.25) is 0 Å². The van der Waals surface area contributed by atoms with Crippen LogP contribution >= 0.6 is 0 Å². The lowest BCUT2D eigenvalue weighted by Crippen LogP contribution is -2.58. The molecule has 0 aromatic heterocycles. The topological polar surface area (TPSA) is 139 Å². The van der Waals surface area contributed by atoms with E-state index in [0.29, 0.717) is 6.42 Å². The van der Waals surface area contributed by atoms with Gasteiger partial charge in [0, 0.05) is 87.6 Å². The average molecular weight is 854 g/mol. The fraction of sp³-hybridized carbons (Fsp3) is 0.519. The summed E-state index contributed by atoms with van der Waals surface area (Å²) in [5, 5.41) is 54.5. The van der Waals surface area contributed by atoms with Gasteiger partial charge in [-0.2, -0.15) is 0 Å². The third-order valence-corrected chi connectivity index (χ3v) is 9.28. The molecule has 60 heavy (non-hydrogen) atoms. The predicted octanol–water partition coefficient (Wildman–Crippen LogP) is 9.15. The van der Waals surface area contributed by atoms with Crippen LogP contribution in [0.25, 0.3) is 0 Å². The highest BCUT2D eigenvalue weighted by molar-refractivity contribution is 5.94. The van der Waals surface area contributed by atoms with Gasteiger partial charge in [-0.15, -0.1) is 0 Å². The summed E-state index contributed by atoms with van der Waals surface area (Å²) in [4.78, 5) is 12.8. The number of aliphatic hydroxyl groups excluding tert-OH is 5. The minimum Gasteiger partial charge on any atom is -0.394 e. The summed E-state index contributed by atoms with van der Waals surface area (Å²) in [5.41, 5.74) is 0. The summed E-state index contributed by atoms with van der Waals surface area (Å²) in [6, 6.07) is -0.565. The van der Waals surface area contributed by atoms with E-state index in [9.17, 15) is 30.3 Å². The Hall–Kier alpha value is -6.05. The minimum atomic E-state index is -1.50. The van der Waals surface area contributed by atoms with Crippen LogP contribution in [0.1, 0.15) is 151 Å². The zero-order valence-electron chi connectivity index (χ0n) is 35.0. The Morgan fingerprint density at radius 2 is 0.950 bits per heavy atom. The molecule has 1 rings (SSSR count). The maximum atomic E-state index is 12.8. The van der Waals surface area contributed by atoms with E-state index in [4.69, 9.17) is 4.74 Å². The molecule has 8 atom stereocenters. The fourth-order valence-electron chi connectivity index (χ4n) is 5.93. The maximum Gasteiger partial charge on any atom is 0.297 e. The van der Waals surface area contributed by atoms with Crippen molar-refractivity contribution in [1.29, 1.82) is 0 Å². The van der Waals surface area contributed by atoms with E-state index < -0.39 is 55.2 Å². The van der Waals surface area contributed by atoms with Gasteiger partial charge in [-0.1, -0.05) is 96.8 Å². The van der Waals surface area contributed by atoms with Crippen molar-refractivity contribution < 1.29 is 69.3 Å². The quantitative estimate of drug-likeness (QED) is 0.0531. The van der Waals surface area contributed by atoms with Crippen LogP contribution in [0.4, 0.5) is 0 Å². The summed E-state index contributed by atoms with van der Waals surface area (Å²) < 4.78 is 5.67. The molecule has 8 nitrogen and oxygen atoms in total. The van der Waals surface area contributed by atoms with Crippen LogP contribution in [0.2, 0.25) is 0 Å². The first-order valence-corrected chi connectivity index (χ1v) is 20.5. The van der Waals surface area contributed by atoms with Crippen LogP contribution in [0, 0.1) is 148 Å². The molecule has 8 heteroatoms. The monoisotopic (exact) mass is 854 g/mol. The Bertz CT molecular complexity index is 2210. The van der Waals surface area contributed by atoms with Crippen molar-refractivity contribution >= 4 is 5.91 Å². The van der Waals surface area contributed by atoms with Crippen LogP contribution in [-0.2, 0) is 9.53 Å². The van der Waals surface area contributed by atoms with Gasteiger partial charge in [-0.3, -0.25) is 4.79 Å². The van der Waals surface area contributed by atoms with Crippen molar-refractivity contribution in [1.82, 2.24) is 5.32 Å². The van der Waals surface area contributed by atoms with E-state index >= 15 is 0 Å². The van der Waals surface area contributed by atoms with Crippen LogP contribution in [-0.4, -0.2) is 80.7 Å². The number of rotatable bonds is 20. The van der Waals surface area contributed by atoms with Gasteiger partial charge in [0.1, 0.15) is 24.4 Å². The lowest BCUT2D eigenvalue weighted by molar-refractivity contribution is -0.230. The zero-order valence-corrected chi connectivity index (χ0v) is 35.0. The normalized spacial score (nSPS) is 17.8. The molecule has 0 radical (unpaired) electrons. The molecular weight excluding hydrogens is 751 g/mol. The first-order valence-electron chi connectivity index (χ1n) is 20.5. The minimum absolute atomic E-state index is 0. The third-order valence-electron chi connectivity index (χ3n) is 9.28. The molecule has 0 saturated carbocycles. The van der Waals surface area contributed by atoms with Gasteiger partial charge in [0.05, 0.1) is 18.8 Å². The Labute approximate surface area is 395 Å². The fourth-order valence-corrected chi connectivity index (χ4v) is 5.93. The van der Waals surface area contributed by atoms with Crippen LogP contribution in [0.5, 0.6) is 0 Å². The Morgan fingerprint density at radius 3 is 1.37 bits per heavy atom. The second kappa shape index (κ2) is 36.1. The molecular formula is C52H103NO7. The molecule has 0 aromatic rings. The summed E-state index contributed by atoms with van der Waals surface area (Å²) in [5.74, 6) is 59.2. The largest absolute Gasteiger partial charge is 0.394 e. The number of carbonyl (C=O) groups excluding carboxylic acids is 1. The summed E-state index contributed by atoms with van der Waals surface area (Å²) in [6.07, 6.45) is 8.50. The number of hydrogen-bond donors (Lipinski definition) is 6. The highest BCUT2D eigenvalue weighted by Gasteiger charge is 2.43. The Kier molecular flexibility index (Phi) is 31.2. The molecule has 358 valence electrons. The number of carbonyl (C=O) groups is 1. The molecule has 1 fully saturated rings. The lowest BCUT2D eigenvalue weighted by Gasteiger charge is -2.40. The number of unbranched alkanes of at least 4 members (excludes halogenated alkanes) is 11. The van der Waals surface area contributed by atoms with Crippen LogP contribution in [0.15, 0.2) is 0 Å². The molecule has 1 saturated heterocycles. The van der Waals surface area contributed by atoms with Crippen molar-refractivity contribution in [2.24, 2.45) is 5.92 Å². The predicted molar refractivity (Wildman–Crippen MR) is 286 cm³/mol. The number of amides is 1. The van der Waals surface area contributed by atoms with Crippen molar-refractivity contribution in [2.75, 3.05) is 6.61 Å². The van der Waals surface area contributed by atoms with E-state index in [-0.39, 0.29) is 53.0 Å². The zero-order chi connectivity index (χ0) is 43.9. The number of nitrogens with one attached hydrogen (secondary N) is 1. The van der Waals surface area contributed by atoms with Crippen molar-refractivity contribution in [3.63, 3.8) is 0 Å². The molecule has 0 aromatic carbocycles. The Morgan fingerprint density at radius 1 is 0.567 bits per heavy atom. The van der Waals surface area contributed by atoms with E-state index in [1.54, 1.807) is 6.92 Å². The van der Waals surface area contributed by atoms with Gasteiger partial charge >= 0.3 is 0 Å². The molecule has 1 aliphatic heterocycles.